The molecule has 0 saturated heterocycles. The summed E-state index contributed by atoms with van der Waals surface area (Å²) in [4.78, 5) is 0. The molecule has 0 amide bonds. The van der Waals surface area contributed by atoms with Gasteiger partial charge in [0.15, 0.2) is 7.41 Å². The molecule has 0 N–H and O–H groups in total. The second-order valence-electron chi connectivity index (χ2n) is 10.5. The third-order valence-corrected chi connectivity index (χ3v) is 13.2. The van der Waals surface area contributed by atoms with Crippen LogP contribution in [0, 0.1) is 17.8 Å². The molecule has 0 heterocycles. The smallest absolute Gasteiger partial charge is 0.181 e. The average Bonchev–Trinajstić information content (AvgIpc) is 2.83. The van der Waals surface area contributed by atoms with Crippen LogP contribution in [0.5, 0.6) is 0 Å². The van der Waals surface area contributed by atoms with E-state index in [1.807, 2.05) is 0 Å². The zero-order chi connectivity index (χ0) is 21.6. The molecule has 0 aromatic heterocycles. The molecule has 4 saturated carbocycles. The molecular formula is C30H35INP. The van der Waals surface area contributed by atoms with Crippen LogP contribution in [0.25, 0.3) is 0 Å². The average molecular weight is 567 g/mol. The summed E-state index contributed by atoms with van der Waals surface area (Å²) in [6, 6.07) is 34.5. The minimum atomic E-state index is -1.98. The Balaban J connectivity index is 0.00000228. The van der Waals surface area contributed by atoms with E-state index in [-0.39, 0.29) is 24.0 Å². The Hall–Kier alpha value is -1.22. The van der Waals surface area contributed by atoms with Crippen LogP contribution in [0.2, 0.25) is 0 Å². The molecule has 0 atom stereocenters. The van der Waals surface area contributed by atoms with E-state index in [1.54, 1.807) is 0 Å². The van der Waals surface area contributed by atoms with E-state index in [0.717, 1.165) is 24.3 Å². The lowest BCUT2D eigenvalue weighted by Crippen LogP contribution is -3.00. The fourth-order valence-electron chi connectivity index (χ4n) is 8.04. The van der Waals surface area contributed by atoms with Crippen LogP contribution in [-0.2, 0) is 0 Å². The summed E-state index contributed by atoms with van der Waals surface area (Å²) in [6.07, 6.45) is 8.68. The number of nitrogens with zero attached hydrogens (tertiary/aromatic N) is 1. The first-order chi connectivity index (χ1) is 15.7. The van der Waals surface area contributed by atoms with Gasteiger partial charge in [0.2, 0.25) is 0 Å². The van der Waals surface area contributed by atoms with Gasteiger partial charge < -0.3 is 24.0 Å². The second kappa shape index (κ2) is 9.44. The van der Waals surface area contributed by atoms with E-state index in [1.165, 1.54) is 54.4 Å². The molecule has 4 aliphatic rings. The fourth-order valence-corrected chi connectivity index (χ4v) is 12.9. The molecule has 3 aromatic rings. The molecule has 4 fully saturated rings. The van der Waals surface area contributed by atoms with E-state index < -0.39 is 7.41 Å². The first-order valence-corrected chi connectivity index (χ1v) is 14.3. The summed E-state index contributed by atoms with van der Waals surface area (Å²) in [5.74, 6) is 2.83. The normalized spacial score (nSPS) is 28.0. The zero-order valence-corrected chi connectivity index (χ0v) is 22.7. The summed E-state index contributed by atoms with van der Waals surface area (Å²) in [6.45, 7) is 3.54. The third kappa shape index (κ3) is 3.81. The van der Waals surface area contributed by atoms with Crippen molar-refractivity contribution in [3.8, 4) is 0 Å². The number of rotatable bonds is 6. The molecule has 172 valence electrons. The molecule has 3 heteroatoms. The van der Waals surface area contributed by atoms with Gasteiger partial charge in [-0.1, -0.05) is 54.6 Å². The van der Waals surface area contributed by atoms with Crippen molar-refractivity contribution >= 4 is 23.3 Å². The maximum Gasteiger partial charge on any atom is 0.181 e. The molecule has 0 unspecified atom stereocenters. The molecule has 33 heavy (non-hydrogen) atoms. The molecule has 1 nitrogen and oxygen atoms in total. The molecule has 3 aromatic carbocycles. The fraction of sp³-hybridized carbons (Fsp3) is 0.400. The topological polar surface area (TPSA) is 3.24 Å². The summed E-state index contributed by atoms with van der Waals surface area (Å²) >= 11 is 0. The van der Waals surface area contributed by atoms with Crippen LogP contribution >= 0.6 is 7.41 Å². The molecule has 0 spiro atoms. The van der Waals surface area contributed by atoms with Crippen molar-refractivity contribution in [1.29, 1.82) is 0 Å². The minimum absolute atomic E-state index is 0. The largest absolute Gasteiger partial charge is 1.00 e. The number of benzene rings is 3. The molecule has 0 aliphatic heterocycles. The monoisotopic (exact) mass is 567 g/mol. The highest BCUT2D eigenvalue weighted by molar-refractivity contribution is 7.93. The van der Waals surface area contributed by atoms with Crippen LogP contribution in [0.3, 0.4) is 0 Å². The standard InChI is InChI=1S/C30H35NP.HI/c1-2-31(30-21-24-18-25(22-30)20-26(19-24)23-30)32(27-12-6-3-7-13-27,28-14-8-4-9-15-28)29-16-10-5-11-17-29;/h3-17,24-26H,2,18-23H2,1H3;1H/q+1;/p-1. The molecule has 0 radical (unpaired) electrons. The SMILES string of the molecule is CCN(C12CC3CC(CC(C3)C1)C2)[P+](c1ccccc1)(c1ccccc1)c1ccccc1.[I-]. The Bertz CT molecular complexity index is 920. The first kappa shape index (κ1) is 23.5. The van der Waals surface area contributed by atoms with Crippen molar-refractivity contribution in [2.24, 2.45) is 17.8 Å². The Morgan fingerprint density at radius 2 is 0.970 bits per heavy atom. The Morgan fingerprint density at radius 1 is 0.636 bits per heavy atom. The molecule has 4 bridgehead atoms. The van der Waals surface area contributed by atoms with Crippen LogP contribution in [0.4, 0.5) is 0 Å². The molecule has 7 rings (SSSR count). The van der Waals surface area contributed by atoms with E-state index in [4.69, 9.17) is 0 Å². The van der Waals surface area contributed by atoms with Crippen molar-refractivity contribution in [3.63, 3.8) is 0 Å². The van der Waals surface area contributed by atoms with Crippen LogP contribution in [0.15, 0.2) is 91.0 Å². The Morgan fingerprint density at radius 3 is 1.27 bits per heavy atom. The predicted molar refractivity (Wildman–Crippen MR) is 138 cm³/mol. The Kier molecular flexibility index (Phi) is 6.73. The van der Waals surface area contributed by atoms with Gasteiger partial charge in [0, 0.05) is 6.54 Å². The van der Waals surface area contributed by atoms with E-state index in [0.29, 0.717) is 5.54 Å². The summed E-state index contributed by atoms with van der Waals surface area (Å²) < 4.78 is 3.07. The number of hydrogen-bond donors (Lipinski definition) is 0. The zero-order valence-electron chi connectivity index (χ0n) is 19.6. The van der Waals surface area contributed by atoms with Gasteiger partial charge >= 0.3 is 0 Å². The van der Waals surface area contributed by atoms with Crippen LogP contribution in [-0.4, -0.2) is 16.8 Å². The number of hydrogen-bond acceptors (Lipinski definition) is 1. The summed E-state index contributed by atoms with van der Waals surface area (Å²) in [5, 5.41) is 4.53. The molecule has 4 aliphatic carbocycles. The highest BCUT2D eigenvalue weighted by Gasteiger charge is 2.63. The third-order valence-electron chi connectivity index (χ3n) is 8.60. The van der Waals surface area contributed by atoms with Crippen molar-refractivity contribution in [3.05, 3.63) is 91.0 Å². The lowest BCUT2D eigenvalue weighted by Gasteiger charge is -2.61. The summed E-state index contributed by atoms with van der Waals surface area (Å²) in [5.41, 5.74) is 0.346. The lowest BCUT2D eigenvalue weighted by atomic mass is 9.53. The van der Waals surface area contributed by atoms with Gasteiger partial charge in [-0.25, -0.2) is 0 Å². The molecular weight excluding hydrogens is 532 g/mol. The van der Waals surface area contributed by atoms with Gasteiger partial charge in [-0.05, 0) is 99.6 Å². The second-order valence-corrected chi connectivity index (χ2v) is 13.8. The quantitative estimate of drug-likeness (QED) is 0.327. The maximum absolute atomic E-state index is 3.07. The highest BCUT2D eigenvalue weighted by atomic mass is 127. The highest BCUT2D eigenvalue weighted by Crippen LogP contribution is 2.68. The van der Waals surface area contributed by atoms with Gasteiger partial charge in [0.1, 0.15) is 15.9 Å². The van der Waals surface area contributed by atoms with Gasteiger partial charge in [-0.15, -0.1) is 0 Å². The first-order valence-electron chi connectivity index (χ1n) is 12.6. The van der Waals surface area contributed by atoms with Crippen molar-refractivity contribution in [2.45, 2.75) is 51.0 Å². The van der Waals surface area contributed by atoms with Gasteiger partial charge in [-0.2, -0.15) is 4.67 Å². The van der Waals surface area contributed by atoms with Crippen molar-refractivity contribution < 1.29 is 24.0 Å². The van der Waals surface area contributed by atoms with Crippen LogP contribution < -0.4 is 39.9 Å². The minimum Gasteiger partial charge on any atom is -1.00 e. The number of halogens is 1. The maximum atomic E-state index is 3.07. The van der Waals surface area contributed by atoms with E-state index >= 15 is 0 Å². The lowest BCUT2D eigenvalue weighted by molar-refractivity contribution is -0.0542. The van der Waals surface area contributed by atoms with Gasteiger partial charge in [0.05, 0.1) is 5.54 Å². The predicted octanol–water partition coefficient (Wildman–Crippen LogP) is 3.19. The summed E-state index contributed by atoms with van der Waals surface area (Å²) in [7, 11) is -1.98. The van der Waals surface area contributed by atoms with Crippen molar-refractivity contribution in [2.75, 3.05) is 6.54 Å². The van der Waals surface area contributed by atoms with E-state index in [9.17, 15) is 0 Å². The van der Waals surface area contributed by atoms with Gasteiger partial charge in [0.25, 0.3) is 0 Å². The van der Waals surface area contributed by atoms with E-state index in [2.05, 4.69) is 103 Å². The van der Waals surface area contributed by atoms with Gasteiger partial charge in [-0.3, -0.25) is 0 Å². The Labute approximate surface area is 217 Å². The van der Waals surface area contributed by atoms with Crippen molar-refractivity contribution in [1.82, 2.24) is 4.67 Å². The van der Waals surface area contributed by atoms with Crippen LogP contribution in [0.1, 0.15) is 45.4 Å².